The van der Waals surface area contributed by atoms with Gasteiger partial charge in [-0.25, -0.2) is 0 Å². The zero-order valence-corrected chi connectivity index (χ0v) is 7.31. The zero-order valence-electron chi connectivity index (χ0n) is 7.31. The number of allylic oxidation sites excluding steroid dienone is 1. The molecule has 0 bridgehead atoms. The summed E-state index contributed by atoms with van der Waals surface area (Å²) in [5, 5.41) is 8.91. The van der Waals surface area contributed by atoms with Crippen molar-refractivity contribution in [3.05, 3.63) is 48.6 Å². The Kier molecular flexibility index (Phi) is 6.03. The molecule has 0 spiro atoms. The van der Waals surface area contributed by atoms with Crippen LogP contribution in [0.25, 0.3) is 0 Å². The molecule has 0 saturated carbocycles. The summed E-state index contributed by atoms with van der Waals surface area (Å²) in [6, 6.07) is 9.20. The van der Waals surface area contributed by atoms with Gasteiger partial charge < -0.3 is 5.11 Å². The first-order valence-electron chi connectivity index (χ1n) is 4.14. The quantitative estimate of drug-likeness (QED) is 0.572. The Morgan fingerprint density at radius 2 is 2.00 bits per heavy atom. The predicted octanol–water partition coefficient (Wildman–Crippen LogP) is 1.78. The second-order valence-electron chi connectivity index (χ2n) is 2.83. The molecule has 0 aliphatic rings. The van der Waals surface area contributed by atoms with Crippen molar-refractivity contribution in [3.8, 4) is 0 Å². The van der Waals surface area contributed by atoms with Crippen LogP contribution in [0.4, 0.5) is 0 Å². The second-order valence-corrected chi connectivity index (χ2v) is 2.83. The minimum absolute atomic E-state index is 0. The van der Waals surface area contributed by atoms with Gasteiger partial charge in [-0.2, -0.15) is 0 Å². The summed E-state index contributed by atoms with van der Waals surface area (Å²) < 4.78 is 0. The monoisotopic (exact) mass is 184 g/mol. The van der Waals surface area contributed by atoms with E-state index >= 15 is 0 Å². The van der Waals surface area contributed by atoms with E-state index < -0.39 is 11.9 Å². The molecule has 0 amide bonds. The molecule has 70 valence electrons. The molecule has 0 heterocycles. The van der Waals surface area contributed by atoms with Crippen LogP contribution in [-0.2, 0) is 4.79 Å². The summed E-state index contributed by atoms with van der Waals surface area (Å²) in [4.78, 5) is 10.8. The van der Waals surface area contributed by atoms with E-state index in [-0.39, 0.29) is 18.9 Å². The third kappa shape index (κ3) is 3.41. The first-order chi connectivity index (χ1) is 6.25. The molecule has 1 rings (SSSR count). The Hall–Kier alpha value is -0.973. The number of hydrogen-bond donors (Lipinski definition) is 1. The van der Waals surface area contributed by atoms with Gasteiger partial charge in [0.1, 0.15) is 0 Å². The van der Waals surface area contributed by atoms with Crippen molar-refractivity contribution in [2.75, 3.05) is 0 Å². The van der Waals surface area contributed by atoms with Crippen molar-refractivity contribution >= 4 is 24.8 Å². The van der Waals surface area contributed by atoms with Gasteiger partial charge in [0.15, 0.2) is 0 Å². The summed E-state index contributed by atoms with van der Waals surface area (Å²) in [7, 11) is 0. The Morgan fingerprint density at radius 1 is 1.43 bits per heavy atom. The van der Waals surface area contributed by atoms with E-state index in [1.807, 2.05) is 30.3 Å². The number of benzene rings is 1. The van der Waals surface area contributed by atoms with Gasteiger partial charge in [-0.05, 0) is 12.0 Å². The molecular formula is C11H13LiO2. The third-order valence-corrected chi connectivity index (χ3v) is 1.90. The number of rotatable bonds is 4. The Labute approximate surface area is 95.8 Å². The van der Waals surface area contributed by atoms with Crippen molar-refractivity contribution in [2.24, 2.45) is 0 Å². The van der Waals surface area contributed by atoms with Gasteiger partial charge in [0.05, 0.1) is 5.92 Å². The van der Waals surface area contributed by atoms with E-state index in [1.54, 1.807) is 6.08 Å². The van der Waals surface area contributed by atoms with E-state index in [0.29, 0.717) is 6.42 Å². The van der Waals surface area contributed by atoms with Crippen molar-refractivity contribution in [1.29, 1.82) is 0 Å². The van der Waals surface area contributed by atoms with Crippen molar-refractivity contribution < 1.29 is 9.90 Å². The van der Waals surface area contributed by atoms with Crippen molar-refractivity contribution in [2.45, 2.75) is 12.3 Å². The van der Waals surface area contributed by atoms with Gasteiger partial charge in [0.25, 0.3) is 0 Å². The van der Waals surface area contributed by atoms with Crippen LogP contribution < -0.4 is 0 Å². The van der Waals surface area contributed by atoms with Gasteiger partial charge in [-0.1, -0.05) is 36.4 Å². The minimum atomic E-state index is -0.800. The zero-order chi connectivity index (χ0) is 9.68. The van der Waals surface area contributed by atoms with Gasteiger partial charge in [-0.15, -0.1) is 6.58 Å². The van der Waals surface area contributed by atoms with Crippen molar-refractivity contribution in [3.63, 3.8) is 0 Å². The van der Waals surface area contributed by atoms with Crippen LogP contribution in [0.5, 0.6) is 0 Å². The Bertz CT molecular complexity index is 295. The maximum absolute atomic E-state index is 10.8. The fourth-order valence-electron chi connectivity index (χ4n) is 1.23. The summed E-state index contributed by atoms with van der Waals surface area (Å²) in [5.74, 6) is -1.26. The molecule has 0 aliphatic heterocycles. The molecule has 0 unspecified atom stereocenters. The average molecular weight is 184 g/mol. The summed E-state index contributed by atoms with van der Waals surface area (Å²) >= 11 is 0. The van der Waals surface area contributed by atoms with E-state index in [4.69, 9.17) is 5.11 Å². The fraction of sp³-hybridized carbons (Fsp3) is 0.182. The average Bonchev–Trinajstić information content (AvgIpc) is 2.15. The topological polar surface area (TPSA) is 37.3 Å². The van der Waals surface area contributed by atoms with E-state index in [0.717, 1.165) is 5.56 Å². The number of hydrogen-bond acceptors (Lipinski definition) is 1. The van der Waals surface area contributed by atoms with Crippen LogP contribution in [0, 0.1) is 0 Å². The van der Waals surface area contributed by atoms with Gasteiger partial charge in [-0.3, -0.25) is 4.79 Å². The SMILES string of the molecule is C=CC[C@@H](C(=O)O)c1ccccc1.[LiH]. The maximum atomic E-state index is 10.8. The third-order valence-electron chi connectivity index (χ3n) is 1.90. The van der Waals surface area contributed by atoms with Crippen LogP contribution in [0.1, 0.15) is 17.9 Å². The van der Waals surface area contributed by atoms with Crippen LogP contribution >= 0.6 is 0 Å². The number of aliphatic carboxylic acids is 1. The van der Waals surface area contributed by atoms with E-state index in [2.05, 4.69) is 6.58 Å². The molecule has 0 fully saturated rings. The molecule has 1 aromatic rings. The molecule has 0 aliphatic carbocycles. The number of carbonyl (C=O) groups is 1. The molecule has 3 heteroatoms. The standard InChI is InChI=1S/C11H12O2.Li.H/c1-2-6-10(11(12)13)9-7-4-3-5-8-9;;/h2-5,7-8,10H,1,6H2,(H,12,13);;/t10-;;/m1../s1. The number of carboxylic acid groups (broad SMARTS) is 1. The summed E-state index contributed by atoms with van der Waals surface area (Å²) in [6.45, 7) is 3.55. The first kappa shape index (κ1) is 13.0. The summed E-state index contributed by atoms with van der Waals surface area (Å²) in [5.41, 5.74) is 0.829. The number of carboxylic acids is 1. The first-order valence-corrected chi connectivity index (χ1v) is 4.14. The molecular weight excluding hydrogens is 171 g/mol. The predicted molar refractivity (Wildman–Crippen MR) is 58.8 cm³/mol. The normalized spacial score (nSPS) is 11.1. The van der Waals surface area contributed by atoms with Gasteiger partial charge >= 0.3 is 24.8 Å². The molecule has 0 saturated heterocycles. The van der Waals surface area contributed by atoms with E-state index in [9.17, 15) is 4.79 Å². The Morgan fingerprint density at radius 3 is 2.43 bits per heavy atom. The molecule has 2 nitrogen and oxygen atoms in total. The van der Waals surface area contributed by atoms with Crippen LogP contribution in [0.3, 0.4) is 0 Å². The molecule has 0 aromatic heterocycles. The fourth-order valence-corrected chi connectivity index (χ4v) is 1.23. The molecule has 1 N–H and O–H groups in total. The molecule has 14 heavy (non-hydrogen) atoms. The second kappa shape index (κ2) is 6.48. The summed E-state index contributed by atoms with van der Waals surface area (Å²) in [6.07, 6.45) is 2.10. The van der Waals surface area contributed by atoms with Crippen LogP contribution in [-0.4, -0.2) is 29.9 Å². The van der Waals surface area contributed by atoms with Crippen LogP contribution in [0.15, 0.2) is 43.0 Å². The van der Waals surface area contributed by atoms with Gasteiger partial charge in [0.2, 0.25) is 0 Å². The van der Waals surface area contributed by atoms with E-state index in [1.165, 1.54) is 0 Å². The molecule has 0 radical (unpaired) electrons. The van der Waals surface area contributed by atoms with Crippen molar-refractivity contribution in [1.82, 2.24) is 0 Å². The Balaban J connectivity index is 0.00000169. The van der Waals surface area contributed by atoms with Gasteiger partial charge in [0, 0.05) is 0 Å². The van der Waals surface area contributed by atoms with Crippen LogP contribution in [0.2, 0.25) is 0 Å². The molecule has 1 atom stereocenters. The molecule has 1 aromatic carbocycles.